The van der Waals surface area contributed by atoms with Crippen LogP contribution >= 0.6 is 0 Å². The number of methoxy groups -OCH3 is 1. The predicted octanol–water partition coefficient (Wildman–Crippen LogP) is 0.919. The molecule has 12 heteroatoms. The number of ketones is 2. The lowest BCUT2D eigenvalue weighted by Gasteiger charge is -2.50. The maximum atomic E-state index is 14.2. The summed E-state index contributed by atoms with van der Waals surface area (Å²) in [5, 5.41) is 50.7. The molecule has 7 N–H and O–H groups in total. The van der Waals surface area contributed by atoms with E-state index in [0.717, 1.165) is 16.6 Å². The smallest absolute Gasteiger partial charge is 0.255 e. The average molecular weight is 595 g/mol. The SMILES string of the molecule is COCCNCc1ccc2c(N(C)C)c3c(c(O)c2c1)C(O)=C1C(=O)[C@]2(O)C(O)=C(C(N)=O)C(=O)[C@@H](N(C)C)[C@@H]2C[C@@H]1C3. The van der Waals surface area contributed by atoms with Gasteiger partial charge in [0.25, 0.3) is 5.91 Å². The molecule has 0 unspecified atom stereocenters. The van der Waals surface area contributed by atoms with E-state index in [9.17, 15) is 34.8 Å². The van der Waals surface area contributed by atoms with Crippen molar-refractivity contribution in [2.75, 3.05) is 53.4 Å². The van der Waals surface area contributed by atoms with Crippen molar-refractivity contribution in [1.82, 2.24) is 10.2 Å². The molecule has 2 aromatic rings. The first-order valence-corrected chi connectivity index (χ1v) is 14.1. The van der Waals surface area contributed by atoms with Crippen molar-refractivity contribution in [2.45, 2.75) is 31.0 Å². The second-order valence-corrected chi connectivity index (χ2v) is 12.0. The number of aliphatic hydroxyl groups excluding tert-OH is 2. The van der Waals surface area contributed by atoms with Gasteiger partial charge in [0.05, 0.1) is 18.2 Å². The molecule has 0 heterocycles. The number of amides is 1. The number of primary amides is 1. The van der Waals surface area contributed by atoms with E-state index in [1.165, 1.54) is 4.90 Å². The molecule has 1 fully saturated rings. The van der Waals surface area contributed by atoms with Crippen LogP contribution in [-0.4, -0.2) is 103 Å². The van der Waals surface area contributed by atoms with Gasteiger partial charge in [-0.05, 0) is 50.0 Å². The molecule has 1 saturated carbocycles. The zero-order valence-electron chi connectivity index (χ0n) is 24.9. The fourth-order valence-corrected chi connectivity index (χ4v) is 7.17. The number of benzene rings is 2. The van der Waals surface area contributed by atoms with E-state index in [4.69, 9.17) is 10.5 Å². The van der Waals surface area contributed by atoms with Gasteiger partial charge in [0.2, 0.25) is 5.78 Å². The third-order valence-electron chi connectivity index (χ3n) is 8.99. The summed E-state index contributed by atoms with van der Waals surface area (Å²) in [7, 11) is 8.46. The van der Waals surface area contributed by atoms with Crippen LogP contribution in [-0.2, 0) is 32.1 Å². The normalized spacial score (nSPS) is 25.2. The van der Waals surface area contributed by atoms with E-state index >= 15 is 0 Å². The summed E-state index contributed by atoms with van der Waals surface area (Å²) in [4.78, 5) is 43.0. The largest absolute Gasteiger partial charge is 0.508 e. The van der Waals surface area contributed by atoms with Crippen LogP contribution in [0, 0.1) is 11.8 Å². The van der Waals surface area contributed by atoms with E-state index in [0.29, 0.717) is 30.6 Å². The number of nitrogens with zero attached hydrogens (tertiary/aromatic N) is 2. The molecule has 0 spiro atoms. The van der Waals surface area contributed by atoms with E-state index in [1.54, 1.807) is 21.2 Å². The summed E-state index contributed by atoms with van der Waals surface area (Å²) in [6.45, 7) is 1.68. The van der Waals surface area contributed by atoms with Gasteiger partial charge in [-0.3, -0.25) is 19.3 Å². The lowest BCUT2D eigenvalue weighted by molar-refractivity contribution is -0.153. The second-order valence-electron chi connectivity index (χ2n) is 12.0. The van der Waals surface area contributed by atoms with Gasteiger partial charge in [0, 0.05) is 62.2 Å². The Labute approximate surface area is 249 Å². The molecule has 5 rings (SSSR count). The number of aromatic hydroxyl groups is 1. The lowest BCUT2D eigenvalue weighted by atomic mass is 9.57. The molecule has 3 aliphatic carbocycles. The van der Waals surface area contributed by atoms with Crippen LogP contribution in [0.25, 0.3) is 16.5 Å². The first-order chi connectivity index (χ1) is 20.3. The van der Waals surface area contributed by atoms with Crippen LogP contribution < -0.4 is 16.0 Å². The highest BCUT2D eigenvalue weighted by molar-refractivity contribution is 6.24. The van der Waals surface area contributed by atoms with Crippen LogP contribution in [0.1, 0.15) is 23.1 Å². The van der Waals surface area contributed by atoms with Gasteiger partial charge in [-0.15, -0.1) is 0 Å². The van der Waals surface area contributed by atoms with E-state index in [1.807, 2.05) is 37.2 Å². The van der Waals surface area contributed by atoms with Gasteiger partial charge in [0.15, 0.2) is 11.4 Å². The Balaban J connectivity index is 1.72. The number of nitrogens with two attached hydrogens (primary N) is 1. The van der Waals surface area contributed by atoms with Crippen molar-refractivity contribution < 1.29 is 39.5 Å². The maximum Gasteiger partial charge on any atom is 0.255 e. The van der Waals surface area contributed by atoms with E-state index in [2.05, 4.69) is 5.32 Å². The Kier molecular flexibility index (Phi) is 7.76. The van der Waals surface area contributed by atoms with Crippen molar-refractivity contribution in [3.8, 4) is 5.75 Å². The van der Waals surface area contributed by atoms with Gasteiger partial charge in [-0.1, -0.05) is 12.1 Å². The van der Waals surface area contributed by atoms with Crippen LogP contribution in [0.5, 0.6) is 5.75 Å². The standard InChI is InChI=1S/C31H38N4O8/c1-34(2)23-16-7-6-14(13-33-8-9-43-5)10-17(16)25(36)21-18(23)11-15-12-19-24(35(3)4)27(38)22(30(32)41)29(40)31(19,42)28(39)20(15)26(21)37/h6-7,10,15,19,24,33,36-37,40,42H,8-9,11-13H2,1-5H3,(H2,32,41)/t15-,19-,24-,31-/m0/s1. The maximum absolute atomic E-state index is 14.2. The second kappa shape index (κ2) is 10.9. The fourth-order valence-electron chi connectivity index (χ4n) is 7.17. The Morgan fingerprint density at radius 1 is 1.14 bits per heavy atom. The third-order valence-corrected chi connectivity index (χ3v) is 8.99. The van der Waals surface area contributed by atoms with Gasteiger partial charge >= 0.3 is 0 Å². The van der Waals surface area contributed by atoms with Crippen LogP contribution in [0.2, 0.25) is 0 Å². The molecule has 2 aromatic carbocycles. The number of likely N-dealkylation sites (N-methyl/N-ethyl adjacent to an activating group) is 1. The minimum Gasteiger partial charge on any atom is -0.508 e. The number of phenolic OH excluding ortho intramolecular Hbond substituents is 1. The molecular formula is C31H38N4O8. The number of nitrogens with one attached hydrogen (secondary N) is 1. The molecule has 0 aliphatic heterocycles. The Morgan fingerprint density at radius 3 is 2.44 bits per heavy atom. The minimum atomic E-state index is -2.68. The molecule has 0 aromatic heterocycles. The quantitative estimate of drug-likeness (QED) is 0.189. The first-order valence-electron chi connectivity index (χ1n) is 14.1. The van der Waals surface area contributed by atoms with Gasteiger partial charge in [-0.2, -0.15) is 0 Å². The number of rotatable bonds is 8. The van der Waals surface area contributed by atoms with Crippen molar-refractivity contribution in [3.05, 3.63) is 51.8 Å². The fraction of sp³-hybridized carbons (Fsp3) is 0.452. The van der Waals surface area contributed by atoms with Gasteiger partial charge in [0.1, 0.15) is 22.8 Å². The highest BCUT2D eigenvalue weighted by Crippen LogP contribution is 2.55. The summed E-state index contributed by atoms with van der Waals surface area (Å²) >= 11 is 0. The molecule has 0 radical (unpaired) electrons. The number of carbonyl (C=O) groups excluding carboxylic acids is 3. The van der Waals surface area contributed by atoms with Gasteiger partial charge in [-0.25, -0.2) is 0 Å². The zero-order chi connectivity index (χ0) is 31.5. The summed E-state index contributed by atoms with van der Waals surface area (Å²) in [6.07, 6.45) is 0.245. The molecule has 3 aliphatic rings. The molecule has 43 heavy (non-hydrogen) atoms. The molecule has 1 amide bonds. The summed E-state index contributed by atoms with van der Waals surface area (Å²) in [6, 6.07) is 4.55. The van der Waals surface area contributed by atoms with Crippen LogP contribution in [0.3, 0.4) is 0 Å². The predicted molar refractivity (Wildman–Crippen MR) is 160 cm³/mol. The van der Waals surface area contributed by atoms with Crippen LogP contribution in [0.15, 0.2) is 35.1 Å². The molecule has 12 nitrogen and oxygen atoms in total. The number of fused-ring (bicyclic) bond motifs is 4. The van der Waals surface area contributed by atoms with Crippen molar-refractivity contribution in [1.29, 1.82) is 0 Å². The minimum absolute atomic E-state index is 0.0313. The summed E-state index contributed by atoms with van der Waals surface area (Å²) in [5.74, 6) is -6.70. The zero-order valence-corrected chi connectivity index (χ0v) is 24.9. The number of Topliss-reactive ketones (excluding diaryl/α,β-unsaturated/α-hetero) is 2. The van der Waals surface area contributed by atoms with Crippen LogP contribution in [0.4, 0.5) is 5.69 Å². The van der Waals surface area contributed by atoms with E-state index in [-0.39, 0.29) is 29.7 Å². The van der Waals surface area contributed by atoms with Gasteiger partial charge < -0.3 is 41.1 Å². The number of hydrogen-bond donors (Lipinski definition) is 6. The first kappa shape index (κ1) is 30.5. The number of hydrogen-bond acceptors (Lipinski definition) is 11. The van der Waals surface area contributed by atoms with Crippen molar-refractivity contribution >= 4 is 39.7 Å². The van der Waals surface area contributed by atoms with Crippen molar-refractivity contribution in [3.63, 3.8) is 0 Å². The summed E-state index contributed by atoms with van der Waals surface area (Å²) < 4.78 is 5.08. The van der Waals surface area contributed by atoms with Crippen molar-refractivity contribution in [2.24, 2.45) is 17.6 Å². The number of aliphatic hydroxyl groups is 3. The monoisotopic (exact) mass is 594 g/mol. The molecule has 0 bridgehead atoms. The highest BCUT2D eigenvalue weighted by atomic mass is 16.5. The number of anilines is 1. The number of ether oxygens (including phenoxy) is 1. The molecular weight excluding hydrogens is 556 g/mol. The molecule has 230 valence electrons. The lowest BCUT2D eigenvalue weighted by Crippen LogP contribution is -2.65. The molecule has 4 atom stereocenters. The van der Waals surface area contributed by atoms with E-state index < -0.39 is 58.0 Å². The highest BCUT2D eigenvalue weighted by Gasteiger charge is 2.64. The summed E-state index contributed by atoms with van der Waals surface area (Å²) in [5.41, 5.74) is 4.03. The Morgan fingerprint density at radius 2 is 1.84 bits per heavy atom. The Hall–Kier alpha value is -3.97. The number of carbonyl (C=O) groups is 3. The number of phenols is 1. The third kappa shape index (κ3) is 4.48. The Bertz CT molecular complexity index is 1610. The topological polar surface area (TPSA) is 186 Å². The molecule has 0 saturated heterocycles. The average Bonchev–Trinajstić information content (AvgIpc) is 2.92.